The minimum absolute atomic E-state index is 0.343. The van der Waals surface area contributed by atoms with E-state index in [1.807, 2.05) is 42.5 Å². The molecule has 0 radical (unpaired) electrons. The van der Waals surface area contributed by atoms with Gasteiger partial charge in [0.2, 0.25) is 0 Å². The molecule has 1 fully saturated rings. The summed E-state index contributed by atoms with van der Waals surface area (Å²) in [4.78, 5) is 0. The van der Waals surface area contributed by atoms with Gasteiger partial charge in [0.05, 0.1) is 18.8 Å². The average molecular weight is 461 g/mol. The molecular formula is C16H14BrIO3. The lowest BCUT2D eigenvalue weighted by Crippen LogP contribution is -2.04. The molecule has 0 atom stereocenters. The zero-order valence-corrected chi connectivity index (χ0v) is 15.0. The SMILES string of the molecule is Brc1cc(C2OCCO2)c(OCc2ccccc2)cc1I. The molecule has 0 saturated carbocycles. The summed E-state index contributed by atoms with van der Waals surface area (Å²) in [5.74, 6) is 0.804. The second-order valence-electron chi connectivity index (χ2n) is 4.65. The van der Waals surface area contributed by atoms with Crippen molar-refractivity contribution in [3.63, 3.8) is 0 Å². The molecule has 1 aliphatic rings. The van der Waals surface area contributed by atoms with Gasteiger partial charge in [0.15, 0.2) is 6.29 Å². The summed E-state index contributed by atoms with van der Waals surface area (Å²) in [6, 6.07) is 14.1. The van der Waals surface area contributed by atoms with Crippen LogP contribution < -0.4 is 4.74 Å². The van der Waals surface area contributed by atoms with E-state index in [1.165, 1.54) is 0 Å². The molecule has 0 spiro atoms. The first-order valence-corrected chi connectivity index (χ1v) is 8.50. The van der Waals surface area contributed by atoms with Gasteiger partial charge in [0.1, 0.15) is 12.4 Å². The lowest BCUT2D eigenvalue weighted by atomic mass is 10.2. The van der Waals surface area contributed by atoms with Gasteiger partial charge in [0, 0.05) is 8.04 Å². The Balaban J connectivity index is 1.83. The van der Waals surface area contributed by atoms with E-state index in [-0.39, 0.29) is 6.29 Å². The van der Waals surface area contributed by atoms with E-state index in [0.717, 1.165) is 24.9 Å². The highest BCUT2D eigenvalue weighted by atomic mass is 127. The van der Waals surface area contributed by atoms with Crippen LogP contribution in [0.2, 0.25) is 0 Å². The number of hydrogen-bond acceptors (Lipinski definition) is 3. The molecule has 1 heterocycles. The third-order valence-corrected chi connectivity index (χ3v) is 5.46. The predicted octanol–water partition coefficient (Wildman–Crippen LogP) is 4.68. The van der Waals surface area contributed by atoms with E-state index in [4.69, 9.17) is 14.2 Å². The highest BCUT2D eigenvalue weighted by molar-refractivity contribution is 14.1. The summed E-state index contributed by atoms with van der Waals surface area (Å²) in [6.45, 7) is 1.76. The average Bonchev–Trinajstić information content (AvgIpc) is 3.03. The number of rotatable bonds is 4. The van der Waals surface area contributed by atoms with E-state index in [2.05, 4.69) is 38.5 Å². The van der Waals surface area contributed by atoms with Gasteiger partial charge in [-0.05, 0) is 56.2 Å². The fraction of sp³-hybridized carbons (Fsp3) is 0.250. The van der Waals surface area contributed by atoms with E-state index in [1.54, 1.807) is 0 Å². The molecule has 5 heteroatoms. The van der Waals surface area contributed by atoms with Gasteiger partial charge in [-0.1, -0.05) is 30.3 Å². The second-order valence-corrected chi connectivity index (χ2v) is 6.67. The number of ether oxygens (including phenoxy) is 3. The second kappa shape index (κ2) is 7.09. The van der Waals surface area contributed by atoms with Gasteiger partial charge < -0.3 is 14.2 Å². The fourth-order valence-electron chi connectivity index (χ4n) is 2.13. The van der Waals surface area contributed by atoms with Gasteiger partial charge in [-0.2, -0.15) is 0 Å². The van der Waals surface area contributed by atoms with Crippen molar-refractivity contribution in [2.75, 3.05) is 13.2 Å². The molecule has 2 aromatic rings. The Labute approximate surface area is 145 Å². The van der Waals surface area contributed by atoms with Gasteiger partial charge in [-0.25, -0.2) is 0 Å². The Kier molecular flexibility index (Phi) is 5.15. The third kappa shape index (κ3) is 3.77. The van der Waals surface area contributed by atoms with Crippen LogP contribution in [0.5, 0.6) is 5.75 Å². The normalized spacial score (nSPS) is 15.3. The Hall–Kier alpha value is -0.630. The predicted molar refractivity (Wildman–Crippen MR) is 92.3 cm³/mol. The van der Waals surface area contributed by atoms with E-state index in [9.17, 15) is 0 Å². The van der Waals surface area contributed by atoms with Crippen molar-refractivity contribution < 1.29 is 14.2 Å². The summed E-state index contributed by atoms with van der Waals surface area (Å²) < 4.78 is 19.3. The maximum atomic E-state index is 5.99. The van der Waals surface area contributed by atoms with E-state index < -0.39 is 0 Å². The van der Waals surface area contributed by atoms with Crippen molar-refractivity contribution >= 4 is 38.5 Å². The molecule has 0 aromatic heterocycles. The highest BCUT2D eigenvalue weighted by Crippen LogP contribution is 2.36. The Morgan fingerprint density at radius 2 is 1.86 bits per heavy atom. The minimum atomic E-state index is -0.343. The molecule has 0 unspecified atom stereocenters. The summed E-state index contributed by atoms with van der Waals surface area (Å²) in [5.41, 5.74) is 2.06. The molecule has 1 aliphatic heterocycles. The first-order valence-electron chi connectivity index (χ1n) is 6.63. The van der Waals surface area contributed by atoms with Crippen LogP contribution in [0.3, 0.4) is 0 Å². The summed E-state index contributed by atoms with van der Waals surface area (Å²) >= 11 is 5.82. The van der Waals surface area contributed by atoms with Crippen LogP contribution >= 0.6 is 38.5 Å². The molecule has 0 amide bonds. The summed E-state index contributed by atoms with van der Waals surface area (Å²) in [6.07, 6.45) is -0.343. The molecule has 0 aliphatic carbocycles. The standard InChI is InChI=1S/C16H14BrIO3/c17-13-8-12(16-19-6-7-20-16)15(9-14(13)18)21-10-11-4-2-1-3-5-11/h1-5,8-9,16H,6-7,10H2. The van der Waals surface area contributed by atoms with Crippen molar-refractivity contribution in [3.05, 3.63) is 61.6 Å². The number of hydrogen-bond donors (Lipinski definition) is 0. The van der Waals surface area contributed by atoms with Crippen LogP contribution in [0.15, 0.2) is 46.9 Å². The van der Waals surface area contributed by atoms with Crippen LogP contribution in [0.25, 0.3) is 0 Å². The quantitative estimate of drug-likeness (QED) is 0.620. The molecule has 1 saturated heterocycles. The fourth-order valence-corrected chi connectivity index (χ4v) is 2.93. The van der Waals surface area contributed by atoms with Crippen molar-refractivity contribution in [2.24, 2.45) is 0 Å². The number of benzene rings is 2. The maximum Gasteiger partial charge on any atom is 0.187 e. The zero-order chi connectivity index (χ0) is 14.7. The van der Waals surface area contributed by atoms with Crippen LogP contribution in [0, 0.1) is 3.57 Å². The molecule has 110 valence electrons. The van der Waals surface area contributed by atoms with Crippen molar-refractivity contribution in [3.8, 4) is 5.75 Å². The van der Waals surface area contributed by atoms with Crippen LogP contribution in [0.1, 0.15) is 17.4 Å². The molecule has 21 heavy (non-hydrogen) atoms. The van der Waals surface area contributed by atoms with Gasteiger partial charge >= 0.3 is 0 Å². The lowest BCUT2D eigenvalue weighted by Gasteiger charge is -2.17. The van der Waals surface area contributed by atoms with E-state index >= 15 is 0 Å². The summed E-state index contributed by atoms with van der Waals surface area (Å²) in [5, 5.41) is 0. The van der Waals surface area contributed by atoms with Gasteiger partial charge in [-0.15, -0.1) is 0 Å². The first kappa shape index (κ1) is 15.3. The van der Waals surface area contributed by atoms with Gasteiger partial charge in [-0.3, -0.25) is 0 Å². The van der Waals surface area contributed by atoms with Crippen LogP contribution in [-0.2, 0) is 16.1 Å². The van der Waals surface area contributed by atoms with Crippen molar-refractivity contribution in [1.82, 2.24) is 0 Å². The van der Waals surface area contributed by atoms with Crippen LogP contribution in [-0.4, -0.2) is 13.2 Å². The monoisotopic (exact) mass is 460 g/mol. The van der Waals surface area contributed by atoms with Gasteiger partial charge in [0.25, 0.3) is 0 Å². The Bertz CT molecular complexity index is 612. The van der Waals surface area contributed by atoms with Crippen molar-refractivity contribution in [2.45, 2.75) is 12.9 Å². The Morgan fingerprint density at radius 1 is 1.14 bits per heavy atom. The highest BCUT2D eigenvalue weighted by Gasteiger charge is 2.23. The number of halogens is 2. The van der Waals surface area contributed by atoms with Crippen LogP contribution in [0.4, 0.5) is 0 Å². The molecular weight excluding hydrogens is 447 g/mol. The molecule has 0 bridgehead atoms. The third-order valence-electron chi connectivity index (χ3n) is 3.17. The Morgan fingerprint density at radius 3 is 2.57 bits per heavy atom. The molecule has 2 aromatic carbocycles. The minimum Gasteiger partial charge on any atom is -0.488 e. The first-order chi connectivity index (χ1) is 10.2. The molecule has 0 N–H and O–H groups in total. The maximum absolute atomic E-state index is 5.99. The summed E-state index contributed by atoms with van der Waals surface area (Å²) in [7, 11) is 0. The largest absolute Gasteiger partial charge is 0.488 e. The van der Waals surface area contributed by atoms with Crippen molar-refractivity contribution in [1.29, 1.82) is 0 Å². The smallest absolute Gasteiger partial charge is 0.187 e. The molecule has 3 rings (SSSR count). The molecule has 3 nitrogen and oxygen atoms in total. The van der Waals surface area contributed by atoms with E-state index in [0.29, 0.717) is 19.8 Å². The zero-order valence-electron chi connectivity index (χ0n) is 11.2. The lowest BCUT2D eigenvalue weighted by molar-refractivity contribution is -0.0459. The topological polar surface area (TPSA) is 27.7 Å².